The highest BCUT2D eigenvalue weighted by molar-refractivity contribution is 5.96. The minimum Gasteiger partial charge on any atom is -0.497 e. The molecule has 0 aromatic heterocycles. The molecule has 0 aliphatic rings. The van der Waals surface area contributed by atoms with Gasteiger partial charge in [-0.1, -0.05) is 0 Å². The largest absolute Gasteiger partial charge is 0.497 e. The minimum atomic E-state index is -0.876. The summed E-state index contributed by atoms with van der Waals surface area (Å²) < 4.78 is 5.02. The van der Waals surface area contributed by atoms with Gasteiger partial charge in [0.05, 0.1) is 7.11 Å². The van der Waals surface area contributed by atoms with Crippen molar-refractivity contribution >= 4 is 17.7 Å². The predicted octanol–water partition coefficient (Wildman–Crippen LogP) is 2.03. The van der Waals surface area contributed by atoms with Crippen molar-refractivity contribution in [2.45, 2.75) is 32.1 Å². The Bertz CT molecular complexity index is 510. The van der Waals surface area contributed by atoms with Crippen molar-refractivity contribution in [3.63, 3.8) is 0 Å². The summed E-state index contributed by atoms with van der Waals surface area (Å²) in [6, 6.07) is 6.85. The third-order valence-corrected chi connectivity index (χ3v) is 3.11. The summed E-state index contributed by atoms with van der Waals surface area (Å²) in [7, 11) is 1.56. The molecule has 6 nitrogen and oxygen atoms in total. The molecule has 6 heteroatoms. The molecular formula is C16H21NO5. The summed E-state index contributed by atoms with van der Waals surface area (Å²) in [6.45, 7) is 0.345. The monoisotopic (exact) mass is 307 g/mol. The molecule has 1 amide bonds. The zero-order chi connectivity index (χ0) is 16.4. The first kappa shape index (κ1) is 17.7. The lowest BCUT2D eigenvalue weighted by Crippen LogP contribution is -2.24. The number of ether oxygens (including phenoxy) is 1. The fourth-order valence-corrected chi connectivity index (χ4v) is 1.89. The molecule has 0 spiro atoms. The molecule has 22 heavy (non-hydrogen) atoms. The number of hydrogen-bond acceptors (Lipinski definition) is 4. The fourth-order valence-electron chi connectivity index (χ4n) is 1.89. The summed E-state index contributed by atoms with van der Waals surface area (Å²) in [6.07, 6.45) is 1.47. The topological polar surface area (TPSA) is 92.7 Å². The second-order valence-corrected chi connectivity index (χ2v) is 4.85. The number of aliphatic carboxylic acids is 1. The molecule has 0 saturated heterocycles. The van der Waals surface area contributed by atoms with E-state index in [1.807, 2.05) is 0 Å². The summed E-state index contributed by atoms with van der Waals surface area (Å²) in [5.41, 5.74) is 0.600. The van der Waals surface area contributed by atoms with Gasteiger partial charge in [0.15, 0.2) is 5.78 Å². The van der Waals surface area contributed by atoms with Crippen molar-refractivity contribution in [1.82, 2.24) is 5.32 Å². The van der Waals surface area contributed by atoms with E-state index in [4.69, 9.17) is 9.84 Å². The van der Waals surface area contributed by atoms with Crippen molar-refractivity contribution < 1.29 is 24.2 Å². The van der Waals surface area contributed by atoms with E-state index in [2.05, 4.69) is 5.32 Å². The number of Topliss-reactive ketones (excluding diaryl/α,β-unsaturated/α-hetero) is 1. The highest BCUT2D eigenvalue weighted by atomic mass is 16.5. The molecule has 2 N–H and O–H groups in total. The van der Waals surface area contributed by atoms with Crippen molar-refractivity contribution in [3.05, 3.63) is 29.8 Å². The van der Waals surface area contributed by atoms with E-state index in [9.17, 15) is 14.4 Å². The van der Waals surface area contributed by atoms with Crippen LogP contribution >= 0.6 is 0 Å². The smallest absolute Gasteiger partial charge is 0.303 e. The number of ketones is 1. The number of rotatable bonds is 10. The van der Waals surface area contributed by atoms with Gasteiger partial charge in [-0.15, -0.1) is 0 Å². The van der Waals surface area contributed by atoms with Gasteiger partial charge < -0.3 is 15.2 Å². The standard InChI is InChI=1S/C16H21NO5/c1-22-13-9-7-12(8-10-13)14(18)4-2-5-15(19)17-11-3-6-16(20)21/h7-10H,2-6,11H2,1H3,(H,17,19)(H,20,21). The summed E-state index contributed by atoms with van der Waals surface area (Å²) in [4.78, 5) is 33.7. The van der Waals surface area contributed by atoms with Crippen LogP contribution in [0.4, 0.5) is 0 Å². The number of carboxylic acid groups (broad SMARTS) is 1. The van der Waals surface area contributed by atoms with E-state index < -0.39 is 5.97 Å². The van der Waals surface area contributed by atoms with Gasteiger partial charge in [0.25, 0.3) is 0 Å². The average Bonchev–Trinajstić information content (AvgIpc) is 2.51. The lowest BCUT2D eigenvalue weighted by molar-refractivity contribution is -0.137. The average molecular weight is 307 g/mol. The van der Waals surface area contributed by atoms with Gasteiger partial charge in [-0.3, -0.25) is 14.4 Å². The zero-order valence-electron chi connectivity index (χ0n) is 12.6. The molecule has 1 rings (SSSR count). The number of amides is 1. The Balaban J connectivity index is 2.21. The van der Waals surface area contributed by atoms with Crippen LogP contribution in [-0.4, -0.2) is 36.4 Å². The van der Waals surface area contributed by atoms with Crippen LogP contribution in [0.3, 0.4) is 0 Å². The molecule has 1 aromatic rings. The lowest BCUT2D eigenvalue weighted by atomic mass is 10.1. The Morgan fingerprint density at radius 1 is 1.05 bits per heavy atom. The quantitative estimate of drug-likeness (QED) is 0.509. The zero-order valence-corrected chi connectivity index (χ0v) is 12.6. The molecule has 0 heterocycles. The molecule has 120 valence electrons. The van der Waals surface area contributed by atoms with Crippen molar-refractivity contribution in [2.75, 3.05) is 13.7 Å². The highest BCUT2D eigenvalue weighted by Gasteiger charge is 2.08. The van der Waals surface area contributed by atoms with Gasteiger partial charge in [-0.25, -0.2) is 0 Å². The number of carbonyl (C=O) groups excluding carboxylic acids is 2. The van der Waals surface area contributed by atoms with Crippen LogP contribution in [0.25, 0.3) is 0 Å². The predicted molar refractivity (Wildman–Crippen MR) is 81.1 cm³/mol. The van der Waals surface area contributed by atoms with Crippen LogP contribution in [0.1, 0.15) is 42.5 Å². The molecule has 0 radical (unpaired) electrons. The first-order valence-corrected chi connectivity index (χ1v) is 7.18. The van der Waals surface area contributed by atoms with Gasteiger partial charge in [0, 0.05) is 31.4 Å². The van der Waals surface area contributed by atoms with Crippen LogP contribution in [0.15, 0.2) is 24.3 Å². The summed E-state index contributed by atoms with van der Waals surface area (Å²) in [5, 5.41) is 11.1. The Labute approximate surface area is 129 Å². The number of carbonyl (C=O) groups is 3. The molecular weight excluding hydrogens is 286 g/mol. The highest BCUT2D eigenvalue weighted by Crippen LogP contribution is 2.13. The van der Waals surface area contributed by atoms with E-state index in [1.54, 1.807) is 31.4 Å². The normalized spacial score (nSPS) is 10.0. The Kier molecular flexibility index (Phi) is 7.67. The SMILES string of the molecule is COc1ccc(C(=O)CCCC(=O)NCCCC(=O)O)cc1. The summed E-state index contributed by atoms with van der Waals surface area (Å²) >= 11 is 0. The third kappa shape index (κ3) is 6.88. The molecule has 0 bridgehead atoms. The maximum atomic E-state index is 11.9. The Morgan fingerprint density at radius 2 is 1.73 bits per heavy atom. The first-order valence-electron chi connectivity index (χ1n) is 7.18. The maximum absolute atomic E-state index is 11.9. The van der Waals surface area contributed by atoms with Crippen molar-refractivity contribution in [2.24, 2.45) is 0 Å². The minimum absolute atomic E-state index is 0.0127. The van der Waals surface area contributed by atoms with Gasteiger partial charge >= 0.3 is 5.97 Å². The third-order valence-electron chi connectivity index (χ3n) is 3.11. The van der Waals surface area contributed by atoms with E-state index in [1.165, 1.54) is 0 Å². The number of benzene rings is 1. The molecule has 0 aliphatic heterocycles. The van der Waals surface area contributed by atoms with Crippen LogP contribution in [0, 0.1) is 0 Å². The summed E-state index contributed by atoms with van der Waals surface area (Å²) in [5.74, 6) is -0.356. The van der Waals surface area contributed by atoms with Gasteiger partial charge in [0.1, 0.15) is 5.75 Å². The van der Waals surface area contributed by atoms with Crippen LogP contribution < -0.4 is 10.1 Å². The maximum Gasteiger partial charge on any atom is 0.303 e. The number of nitrogens with one attached hydrogen (secondary N) is 1. The second kappa shape index (κ2) is 9.55. The molecule has 0 aliphatic carbocycles. The molecule has 0 fully saturated rings. The fraction of sp³-hybridized carbons (Fsp3) is 0.438. The molecule has 1 aromatic carbocycles. The number of methoxy groups -OCH3 is 1. The van der Waals surface area contributed by atoms with Gasteiger partial charge in [-0.2, -0.15) is 0 Å². The van der Waals surface area contributed by atoms with Crippen molar-refractivity contribution in [3.8, 4) is 5.75 Å². The van der Waals surface area contributed by atoms with Gasteiger partial charge in [-0.05, 0) is 37.1 Å². The Morgan fingerprint density at radius 3 is 2.32 bits per heavy atom. The molecule has 0 unspecified atom stereocenters. The second-order valence-electron chi connectivity index (χ2n) is 4.85. The van der Waals surface area contributed by atoms with E-state index in [0.29, 0.717) is 37.1 Å². The molecule has 0 saturated carbocycles. The van der Waals surface area contributed by atoms with Crippen LogP contribution in [0.5, 0.6) is 5.75 Å². The molecule has 0 atom stereocenters. The van der Waals surface area contributed by atoms with Crippen molar-refractivity contribution in [1.29, 1.82) is 0 Å². The van der Waals surface area contributed by atoms with E-state index in [0.717, 1.165) is 0 Å². The first-order chi connectivity index (χ1) is 10.5. The van der Waals surface area contributed by atoms with E-state index in [-0.39, 0.29) is 24.5 Å². The Hall–Kier alpha value is -2.37. The van der Waals surface area contributed by atoms with Gasteiger partial charge in [0.2, 0.25) is 5.91 Å². The van der Waals surface area contributed by atoms with Crippen LogP contribution in [-0.2, 0) is 9.59 Å². The number of carboxylic acids is 1. The van der Waals surface area contributed by atoms with Crippen LogP contribution in [0.2, 0.25) is 0 Å². The lowest BCUT2D eigenvalue weighted by Gasteiger charge is -2.05. The number of hydrogen-bond donors (Lipinski definition) is 2. The van der Waals surface area contributed by atoms with E-state index >= 15 is 0 Å².